The molecule has 1 aromatic heterocycles. The molecule has 27 heavy (non-hydrogen) atoms. The Hall–Kier alpha value is -3.05. The summed E-state index contributed by atoms with van der Waals surface area (Å²) in [6, 6.07) is 16.4. The predicted octanol–water partition coefficient (Wildman–Crippen LogP) is 4.60. The summed E-state index contributed by atoms with van der Waals surface area (Å²) in [6.45, 7) is 0.901. The molecule has 2 aromatic carbocycles. The largest absolute Gasteiger partial charge is 0.511 e. The average Bonchev–Trinajstić information content (AvgIpc) is 3.09. The number of hydrogen-bond donors (Lipinski definition) is 3. The Balaban J connectivity index is 1.41. The molecule has 0 aliphatic carbocycles. The van der Waals surface area contributed by atoms with Crippen LogP contribution in [-0.4, -0.2) is 28.8 Å². The number of aromatic amines is 1. The second-order valence-electron chi connectivity index (χ2n) is 6.83. The van der Waals surface area contributed by atoms with Gasteiger partial charge in [0.15, 0.2) is 0 Å². The minimum Gasteiger partial charge on any atom is -0.449 e. The van der Waals surface area contributed by atoms with Crippen LogP contribution in [0.4, 0.5) is 4.79 Å². The van der Waals surface area contributed by atoms with Crippen molar-refractivity contribution >= 4 is 22.6 Å². The second kappa shape index (κ2) is 7.68. The Kier molecular flexibility index (Phi) is 4.94. The van der Waals surface area contributed by atoms with E-state index in [1.807, 2.05) is 18.3 Å². The van der Waals surface area contributed by atoms with E-state index in [1.165, 1.54) is 16.7 Å². The Morgan fingerprint density at radius 3 is 2.85 bits per heavy atom. The van der Waals surface area contributed by atoms with E-state index in [9.17, 15) is 4.79 Å². The SMILES string of the molecule is O=C(O)Oc1ccc2c(CCC3CC(c4ccccc4)=CCN3)c[nH]c2c1. The summed E-state index contributed by atoms with van der Waals surface area (Å²) in [5.74, 6) is 0.329. The Morgan fingerprint density at radius 1 is 1.19 bits per heavy atom. The van der Waals surface area contributed by atoms with E-state index in [4.69, 9.17) is 9.84 Å². The number of aromatic nitrogens is 1. The third-order valence-electron chi connectivity index (χ3n) is 5.07. The first-order chi connectivity index (χ1) is 13.2. The number of nitrogens with one attached hydrogen (secondary N) is 2. The fourth-order valence-electron chi connectivity index (χ4n) is 3.73. The molecule has 1 aliphatic heterocycles. The molecule has 3 aromatic rings. The van der Waals surface area contributed by atoms with E-state index < -0.39 is 6.16 Å². The van der Waals surface area contributed by atoms with Gasteiger partial charge >= 0.3 is 6.16 Å². The molecule has 0 amide bonds. The summed E-state index contributed by atoms with van der Waals surface area (Å²) in [5, 5.41) is 13.4. The molecule has 0 radical (unpaired) electrons. The van der Waals surface area contributed by atoms with Crippen LogP contribution in [0.2, 0.25) is 0 Å². The number of hydrogen-bond acceptors (Lipinski definition) is 3. The fourth-order valence-corrected chi connectivity index (χ4v) is 3.73. The van der Waals surface area contributed by atoms with Crippen LogP contribution in [0.25, 0.3) is 16.5 Å². The van der Waals surface area contributed by atoms with Crippen molar-refractivity contribution in [3.05, 3.63) is 71.9 Å². The monoisotopic (exact) mass is 362 g/mol. The molecule has 0 saturated carbocycles. The van der Waals surface area contributed by atoms with Gasteiger partial charge in [-0.1, -0.05) is 36.4 Å². The zero-order valence-electron chi connectivity index (χ0n) is 14.9. The minimum absolute atomic E-state index is 0.329. The topological polar surface area (TPSA) is 74.3 Å². The van der Waals surface area contributed by atoms with Gasteiger partial charge in [-0.25, -0.2) is 4.79 Å². The average molecular weight is 362 g/mol. The standard InChI is InChI=1S/C22H22N2O3/c25-22(26)27-19-8-9-20-17(14-24-21(20)13-19)6-7-18-12-16(10-11-23-18)15-4-2-1-3-5-15/h1-5,8-10,13-14,18,23-24H,6-7,11-12H2,(H,25,26). The van der Waals surface area contributed by atoms with E-state index in [-0.39, 0.29) is 0 Å². The van der Waals surface area contributed by atoms with Crippen molar-refractivity contribution in [3.63, 3.8) is 0 Å². The van der Waals surface area contributed by atoms with Gasteiger partial charge in [-0.05, 0) is 48.1 Å². The van der Waals surface area contributed by atoms with Crippen LogP contribution >= 0.6 is 0 Å². The van der Waals surface area contributed by atoms with E-state index >= 15 is 0 Å². The second-order valence-corrected chi connectivity index (χ2v) is 6.83. The maximum Gasteiger partial charge on any atom is 0.511 e. The number of benzene rings is 2. The zero-order valence-corrected chi connectivity index (χ0v) is 14.9. The molecule has 0 spiro atoms. The van der Waals surface area contributed by atoms with Gasteiger partial charge < -0.3 is 20.1 Å². The van der Waals surface area contributed by atoms with E-state index in [0.29, 0.717) is 11.8 Å². The smallest absolute Gasteiger partial charge is 0.449 e. The molecule has 0 fully saturated rings. The number of fused-ring (bicyclic) bond motifs is 1. The Morgan fingerprint density at radius 2 is 2.04 bits per heavy atom. The lowest BCUT2D eigenvalue weighted by Crippen LogP contribution is -2.33. The molecule has 0 bridgehead atoms. The van der Waals surface area contributed by atoms with Crippen molar-refractivity contribution in [3.8, 4) is 5.75 Å². The van der Waals surface area contributed by atoms with Gasteiger partial charge in [0.2, 0.25) is 0 Å². The van der Waals surface area contributed by atoms with Crippen LogP contribution in [0.15, 0.2) is 60.8 Å². The first-order valence-corrected chi connectivity index (χ1v) is 9.17. The third kappa shape index (κ3) is 4.04. The van der Waals surface area contributed by atoms with Crippen molar-refractivity contribution in [2.45, 2.75) is 25.3 Å². The molecule has 1 unspecified atom stereocenters. The highest BCUT2D eigenvalue weighted by Crippen LogP contribution is 2.27. The molecule has 1 atom stereocenters. The summed E-state index contributed by atoms with van der Waals surface area (Å²) >= 11 is 0. The van der Waals surface area contributed by atoms with Crippen molar-refractivity contribution in [1.29, 1.82) is 0 Å². The summed E-state index contributed by atoms with van der Waals surface area (Å²) in [5.41, 5.74) is 4.85. The van der Waals surface area contributed by atoms with Gasteiger partial charge in [-0.3, -0.25) is 0 Å². The Labute approximate surface area is 157 Å². The number of H-pyrrole nitrogens is 1. The molecular weight excluding hydrogens is 340 g/mol. The summed E-state index contributed by atoms with van der Waals surface area (Å²) in [7, 11) is 0. The predicted molar refractivity (Wildman–Crippen MR) is 106 cm³/mol. The summed E-state index contributed by atoms with van der Waals surface area (Å²) < 4.78 is 4.72. The van der Waals surface area contributed by atoms with E-state index in [2.05, 4.69) is 40.6 Å². The van der Waals surface area contributed by atoms with Gasteiger partial charge in [0.1, 0.15) is 5.75 Å². The molecular formula is C22H22N2O3. The first kappa shape index (κ1) is 17.4. The number of ether oxygens (including phenoxy) is 1. The van der Waals surface area contributed by atoms with Crippen molar-refractivity contribution in [1.82, 2.24) is 10.3 Å². The molecule has 5 heteroatoms. The molecule has 1 aliphatic rings. The van der Waals surface area contributed by atoms with Crippen LogP contribution < -0.4 is 10.1 Å². The number of rotatable bonds is 5. The van der Waals surface area contributed by atoms with Gasteiger partial charge in [0.25, 0.3) is 0 Å². The summed E-state index contributed by atoms with van der Waals surface area (Å²) in [4.78, 5) is 13.9. The number of carboxylic acid groups (broad SMARTS) is 1. The van der Waals surface area contributed by atoms with Crippen molar-refractivity contribution < 1.29 is 14.6 Å². The van der Waals surface area contributed by atoms with Crippen LogP contribution in [0.3, 0.4) is 0 Å². The highest BCUT2D eigenvalue weighted by Gasteiger charge is 2.17. The lowest BCUT2D eigenvalue weighted by molar-refractivity contribution is 0.144. The highest BCUT2D eigenvalue weighted by molar-refractivity contribution is 5.85. The van der Waals surface area contributed by atoms with E-state index in [1.54, 1.807) is 12.1 Å². The van der Waals surface area contributed by atoms with Crippen molar-refractivity contribution in [2.24, 2.45) is 0 Å². The van der Waals surface area contributed by atoms with Crippen LogP contribution in [0.5, 0.6) is 5.75 Å². The highest BCUT2D eigenvalue weighted by atomic mass is 16.7. The van der Waals surface area contributed by atoms with Crippen LogP contribution in [0.1, 0.15) is 24.0 Å². The molecule has 5 nitrogen and oxygen atoms in total. The molecule has 0 saturated heterocycles. The minimum atomic E-state index is -1.30. The maximum absolute atomic E-state index is 10.7. The van der Waals surface area contributed by atoms with E-state index in [0.717, 1.165) is 36.7 Å². The van der Waals surface area contributed by atoms with Gasteiger partial charge in [0.05, 0.1) is 0 Å². The molecule has 138 valence electrons. The number of carbonyl (C=O) groups is 1. The lowest BCUT2D eigenvalue weighted by atomic mass is 9.92. The Bertz CT molecular complexity index is 976. The normalized spacial score (nSPS) is 16.9. The molecule has 2 heterocycles. The van der Waals surface area contributed by atoms with Crippen LogP contribution in [-0.2, 0) is 6.42 Å². The molecule has 4 rings (SSSR count). The fraction of sp³-hybridized carbons (Fsp3) is 0.227. The molecule has 3 N–H and O–H groups in total. The number of aryl methyl sites for hydroxylation is 1. The zero-order chi connectivity index (χ0) is 18.6. The third-order valence-corrected chi connectivity index (χ3v) is 5.07. The maximum atomic E-state index is 10.7. The van der Waals surface area contributed by atoms with Gasteiger partial charge in [-0.2, -0.15) is 0 Å². The van der Waals surface area contributed by atoms with Gasteiger partial charge in [0, 0.05) is 35.8 Å². The first-order valence-electron chi connectivity index (χ1n) is 9.17. The summed E-state index contributed by atoms with van der Waals surface area (Å²) in [6.07, 6.45) is 6.02. The van der Waals surface area contributed by atoms with Gasteiger partial charge in [-0.15, -0.1) is 0 Å². The van der Waals surface area contributed by atoms with Crippen LogP contribution in [0, 0.1) is 0 Å². The quantitative estimate of drug-likeness (QED) is 0.458. The van der Waals surface area contributed by atoms with Crippen molar-refractivity contribution in [2.75, 3.05) is 6.54 Å². The lowest BCUT2D eigenvalue weighted by Gasteiger charge is -2.24.